The van der Waals surface area contributed by atoms with Crippen LogP contribution in [0.15, 0.2) is 29.0 Å². The van der Waals surface area contributed by atoms with Crippen LogP contribution >= 0.6 is 15.9 Å². The summed E-state index contributed by atoms with van der Waals surface area (Å²) in [5.74, 6) is 0.355. The van der Waals surface area contributed by atoms with E-state index in [0.717, 1.165) is 39.8 Å². The first-order valence-corrected chi connectivity index (χ1v) is 10.8. The number of nitrogen functional groups attached to an aromatic ring is 1. The van der Waals surface area contributed by atoms with E-state index in [-0.39, 0.29) is 11.8 Å². The maximum Gasteiger partial charge on any atom is 0.306 e. The number of nitrogens with zero attached hydrogens (tertiary/aromatic N) is 4. The number of carboxylic acids is 1. The predicted octanol–water partition coefficient (Wildman–Crippen LogP) is 4.37. The van der Waals surface area contributed by atoms with Crippen LogP contribution in [0.4, 0.5) is 5.82 Å². The molecule has 0 saturated heterocycles. The molecule has 5 rings (SSSR count). The number of carboxylic acid groups (broad SMARTS) is 1. The topological polar surface area (TPSA) is 106 Å². The molecular weight excluding hydrogens is 434 g/mol. The zero-order valence-corrected chi connectivity index (χ0v) is 17.5. The van der Waals surface area contributed by atoms with Crippen molar-refractivity contribution in [3.05, 3.63) is 40.4 Å². The van der Waals surface area contributed by atoms with Gasteiger partial charge in [0.2, 0.25) is 0 Å². The zero-order valence-electron chi connectivity index (χ0n) is 15.9. The molecule has 0 atom stereocenters. The molecule has 7 nitrogen and oxygen atoms in total. The van der Waals surface area contributed by atoms with E-state index in [1.54, 1.807) is 10.7 Å². The van der Waals surface area contributed by atoms with Gasteiger partial charge in [-0.2, -0.15) is 9.61 Å². The monoisotopic (exact) mass is 455 g/mol. The number of rotatable bonds is 4. The standard InChI is InChI=1S/C21H22BrN5O2/c22-17-18(12-3-5-13(6-4-12)21(28)29)26-20-15(10-25-27(20)19(17)23)14-7-8-16(24-9-14)11-1-2-11/h7-13H,1-6,23H2,(H,28,29)/t12-,13-. The molecule has 0 bridgehead atoms. The number of aliphatic carboxylic acids is 1. The van der Waals surface area contributed by atoms with Crippen molar-refractivity contribution in [1.82, 2.24) is 19.6 Å². The van der Waals surface area contributed by atoms with Crippen LogP contribution in [0.5, 0.6) is 0 Å². The van der Waals surface area contributed by atoms with E-state index >= 15 is 0 Å². The van der Waals surface area contributed by atoms with Gasteiger partial charge in [-0.25, -0.2) is 4.98 Å². The lowest BCUT2D eigenvalue weighted by atomic mass is 9.80. The Morgan fingerprint density at radius 3 is 2.45 bits per heavy atom. The van der Waals surface area contributed by atoms with E-state index in [4.69, 9.17) is 10.7 Å². The van der Waals surface area contributed by atoms with Crippen LogP contribution in [0.25, 0.3) is 16.8 Å². The smallest absolute Gasteiger partial charge is 0.306 e. The van der Waals surface area contributed by atoms with Gasteiger partial charge in [0.15, 0.2) is 5.65 Å². The molecule has 0 aromatic carbocycles. The van der Waals surface area contributed by atoms with Gasteiger partial charge in [-0.05, 0) is 60.5 Å². The summed E-state index contributed by atoms with van der Waals surface area (Å²) >= 11 is 3.60. The van der Waals surface area contributed by atoms with Crippen LogP contribution in [0.1, 0.15) is 61.7 Å². The van der Waals surface area contributed by atoms with Gasteiger partial charge in [0.25, 0.3) is 0 Å². The first-order chi connectivity index (χ1) is 14.0. The largest absolute Gasteiger partial charge is 0.481 e. The lowest BCUT2D eigenvalue weighted by molar-refractivity contribution is -0.142. The molecule has 0 aliphatic heterocycles. The second-order valence-electron chi connectivity index (χ2n) is 8.12. The summed E-state index contributed by atoms with van der Waals surface area (Å²) in [6.07, 6.45) is 9.03. The van der Waals surface area contributed by atoms with E-state index in [0.29, 0.717) is 30.2 Å². The molecule has 3 aromatic heterocycles. The lowest BCUT2D eigenvalue weighted by Crippen LogP contribution is -2.21. The van der Waals surface area contributed by atoms with E-state index in [1.807, 2.05) is 6.20 Å². The minimum Gasteiger partial charge on any atom is -0.481 e. The molecule has 2 aliphatic carbocycles. The quantitative estimate of drug-likeness (QED) is 0.604. The number of aromatic nitrogens is 4. The lowest BCUT2D eigenvalue weighted by Gasteiger charge is -2.26. The normalized spacial score (nSPS) is 22.1. The minimum absolute atomic E-state index is 0.186. The maximum absolute atomic E-state index is 11.3. The number of pyridine rings is 1. The van der Waals surface area contributed by atoms with Crippen LogP contribution < -0.4 is 5.73 Å². The molecule has 0 radical (unpaired) electrons. The van der Waals surface area contributed by atoms with Crippen LogP contribution in [0.3, 0.4) is 0 Å². The third-order valence-corrected chi connectivity index (χ3v) is 7.02. The molecule has 3 aromatic rings. The highest BCUT2D eigenvalue weighted by Crippen LogP contribution is 2.41. The van der Waals surface area contributed by atoms with Crippen molar-refractivity contribution in [1.29, 1.82) is 0 Å². The summed E-state index contributed by atoms with van der Waals surface area (Å²) < 4.78 is 2.40. The second-order valence-corrected chi connectivity index (χ2v) is 8.92. The van der Waals surface area contributed by atoms with Gasteiger partial charge in [0.05, 0.1) is 22.3 Å². The van der Waals surface area contributed by atoms with Crippen molar-refractivity contribution in [3.8, 4) is 11.1 Å². The predicted molar refractivity (Wildman–Crippen MR) is 113 cm³/mol. The Bertz CT molecular complexity index is 1080. The number of halogens is 1. The Morgan fingerprint density at radius 2 is 1.83 bits per heavy atom. The van der Waals surface area contributed by atoms with Gasteiger partial charge in [-0.15, -0.1) is 0 Å². The van der Waals surface area contributed by atoms with Crippen molar-refractivity contribution in [3.63, 3.8) is 0 Å². The Kier molecular flexibility index (Phi) is 4.53. The van der Waals surface area contributed by atoms with Crippen LogP contribution in [-0.2, 0) is 4.79 Å². The number of carbonyl (C=O) groups is 1. The fourth-order valence-electron chi connectivity index (χ4n) is 4.29. The summed E-state index contributed by atoms with van der Waals surface area (Å²) in [5, 5.41) is 13.7. The summed E-state index contributed by atoms with van der Waals surface area (Å²) in [7, 11) is 0. The molecule has 3 heterocycles. The van der Waals surface area contributed by atoms with Crippen molar-refractivity contribution >= 4 is 33.4 Å². The second kappa shape index (κ2) is 7.09. The van der Waals surface area contributed by atoms with Gasteiger partial charge in [-0.3, -0.25) is 9.78 Å². The highest BCUT2D eigenvalue weighted by Gasteiger charge is 2.30. The molecule has 3 N–H and O–H groups in total. The van der Waals surface area contributed by atoms with Gasteiger partial charge in [-0.1, -0.05) is 6.07 Å². The van der Waals surface area contributed by atoms with Gasteiger partial charge in [0, 0.05) is 34.9 Å². The first-order valence-electron chi connectivity index (χ1n) is 10.0. The third kappa shape index (κ3) is 3.29. The fourth-order valence-corrected chi connectivity index (χ4v) is 4.87. The van der Waals surface area contributed by atoms with E-state index in [2.05, 4.69) is 38.1 Å². The molecule has 8 heteroatoms. The Balaban J connectivity index is 1.52. The third-order valence-electron chi connectivity index (χ3n) is 6.20. The molecule has 150 valence electrons. The number of anilines is 1. The minimum atomic E-state index is -0.703. The van der Waals surface area contributed by atoms with Gasteiger partial charge in [0.1, 0.15) is 5.82 Å². The zero-order chi connectivity index (χ0) is 20.1. The molecule has 2 saturated carbocycles. The van der Waals surface area contributed by atoms with Crippen molar-refractivity contribution in [2.24, 2.45) is 5.92 Å². The molecule has 29 heavy (non-hydrogen) atoms. The molecular formula is C21H22BrN5O2. The highest BCUT2D eigenvalue weighted by atomic mass is 79.9. The number of hydrogen-bond acceptors (Lipinski definition) is 5. The summed E-state index contributed by atoms with van der Waals surface area (Å²) in [6.45, 7) is 0. The van der Waals surface area contributed by atoms with E-state index in [9.17, 15) is 9.90 Å². The van der Waals surface area contributed by atoms with Crippen molar-refractivity contribution in [2.45, 2.75) is 50.4 Å². The number of hydrogen-bond donors (Lipinski definition) is 2. The molecule has 2 fully saturated rings. The average molecular weight is 456 g/mol. The van der Waals surface area contributed by atoms with Crippen LogP contribution in [-0.4, -0.2) is 30.7 Å². The van der Waals surface area contributed by atoms with Crippen molar-refractivity contribution in [2.75, 3.05) is 5.73 Å². The molecule has 0 spiro atoms. The van der Waals surface area contributed by atoms with Gasteiger partial charge < -0.3 is 10.8 Å². The average Bonchev–Trinajstić information content (AvgIpc) is 3.50. The van der Waals surface area contributed by atoms with Crippen LogP contribution in [0.2, 0.25) is 0 Å². The Morgan fingerprint density at radius 1 is 1.10 bits per heavy atom. The Labute approximate surface area is 176 Å². The number of nitrogens with two attached hydrogens (primary N) is 1. The van der Waals surface area contributed by atoms with E-state index < -0.39 is 5.97 Å². The maximum atomic E-state index is 11.3. The molecule has 0 unspecified atom stereocenters. The summed E-state index contributed by atoms with van der Waals surface area (Å²) in [5.41, 5.74) is 11.0. The fraction of sp³-hybridized carbons (Fsp3) is 0.429. The summed E-state index contributed by atoms with van der Waals surface area (Å²) in [4.78, 5) is 20.8. The van der Waals surface area contributed by atoms with Crippen molar-refractivity contribution < 1.29 is 9.90 Å². The van der Waals surface area contributed by atoms with Gasteiger partial charge >= 0.3 is 5.97 Å². The molecule has 0 amide bonds. The number of fused-ring (bicyclic) bond motifs is 1. The summed E-state index contributed by atoms with van der Waals surface area (Å²) in [6, 6.07) is 4.17. The van der Waals surface area contributed by atoms with E-state index in [1.165, 1.54) is 12.8 Å². The first kappa shape index (κ1) is 18.5. The Hall–Kier alpha value is -2.48. The highest BCUT2D eigenvalue weighted by molar-refractivity contribution is 9.10. The SMILES string of the molecule is Nc1c(Br)c([C@H]2CC[C@H](C(=O)O)CC2)nc2c(-c3ccc(C4CC4)nc3)cnn12. The molecule has 2 aliphatic rings. The van der Waals surface area contributed by atoms with Crippen LogP contribution in [0, 0.1) is 5.92 Å².